The molecule has 1 aliphatic rings. The van der Waals surface area contributed by atoms with Crippen molar-refractivity contribution in [1.82, 2.24) is 4.90 Å². The molecule has 3 nitrogen and oxygen atoms in total. The Morgan fingerprint density at radius 1 is 1.43 bits per heavy atom. The van der Waals surface area contributed by atoms with Crippen LogP contribution in [0.4, 0.5) is 0 Å². The fourth-order valence-electron chi connectivity index (χ4n) is 2.52. The zero-order valence-corrected chi connectivity index (χ0v) is 9.59. The minimum atomic E-state index is 0.309. The van der Waals surface area contributed by atoms with E-state index in [1.807, 2.05) is 0 Å². The van der Waals surface area contributed by atoms with Gasteiger partial charge in [-0.15, -0.1) is 0 Å². The predicted octanol–water partition coefficient (Wildman–Crippen LogP) is 1.68. The summed E-state index contributed by atoms with van der Waals surface area (Å²) in [7, 11) is 0. The van der Waals surface area contributed by atoms with E-state index < -0.39 is 0 Å². The van der Waals surface area contributed by atoms with Gasteiger partial charge in [-0.25, -0.2) is 0 Å². The van der Waals surface area contributed by atoms with Gasteiger partial charge in [0.15, 0.2) is 0 Å². The molecule has 0 aliphatic carbocycles. The Bertz CT molecular complexity index is 193. The molecule has 1 aliphatic heterocycles. The fourth-order valence-corrected chi connectivity index (χ4v) is 2.52. The third kappa shape index (κ3) is 3.29. The summed E-state index contributed by atoms with van der Waals surface area (Å²) >= 11 is 0. The van der Waals surface area contributed by atoms with Crippen LogP contribution in [-0.2, 0) is 0 Å². The molecule has 0 aromatic carbocycles. The third-order valence-corrected chi connectivity index (χ3v) is 3.04. The lowest BCUT2D eigenvalue weighted by Crippen LogP contribution is -2.45. The molecule has 3 unspecified atom stereocenters. The van der Waals surface area contributed by atoms with Gasteiger partial charge in [0, 0.05) is 25.6 Å². The molecular formula is C11H23N3. The van der Waals surface area contributed by atoms with E-state index in [0.717, 1.165) is 11.8 Å². The zero-order chi connectivity index (χ0) is 10.7. The Labute approximate surface area is 87.2 Å². The van der Waals surface area contributed by atoms with Crippen molar-refractivity contribution in [1.29, 1.82) is 5.41 Å². The molecule has 0 spiro atoms. The van der Waals surface area contributed by atoms with Gasteiger partial charge in [-0.1, -0.05) is 13.8 Å². The second-order valence-electron chi connectivity index (χ2n) is 4.98. The first-order chi connectivity index (χ1) is 6.49. The molecule has 14 heavy (non-hydrogen) atoms. The van der Waals surface area contributed by atoms with Gasteiger partial charge in [-0.05, 0) is 25.2 Å². The SMILES string of the molecule is CC1CC(C)CN(C(C)CC(=N)N)C1. The molecule has 0 aromatic rings. The average molecular weight is 197 g/mol. The van der Waals surface area contributed by atoms with Crippen LogP contribution in [0.3, 0.4) is 0 Å². The van der Waals surface area contributed by atoms with Crippen LogP contribution in [0.5, 0.6) is 0 Å². The Balaban J connectivity index is 2.46. The summed E-state index contributed by atoms with van der Waals surface area (Å²) in [5, 5.41) is 7.30. The highest BCUT2D eigenvalue weighted by atomic mass is 15.2. The smallest absolute Gasteiger partial charge is 0.0920 e. The predicted molar refractivity (Wildman–Crippen MR) is 60.5 cm³/mol. The van der Waals surface area contributed by atoms with Gasteiger partial charge in [0.1, 0.15) is 0 Å². The maximum Gasteiger partial charge on any atom is 0.0920 e. The summed E-state index contributed by atoms with van der Waals surface area (Å²) < 4.78 is 0. The summed E-state index contributed by atoms with van der Waals surface area (Å²) in [6.45, 7) is 9.12. The molecular weight excluding hydrogens is 174 g/mol. The molecule has 3 atom stereocenters. The first kappa shape index (κ1) is 11.5. The highest BCUT2D eigenvalue weighted by Crippen LogP contribution is 2.23. The van der Waals surface area contributed by atoms with Crippen LogP contribution in [-0.4, -0.2) is 29.9 Å². The van der Waals surface area contributed by atoms with Gasteiger partial charge in [0.25, 0.3) is 0 Å². The van der Waals surface area contributed by atoms with Crippen molar-refractivity contribution in [3.05, 3.63) is 0 Å². The Morgan fingerprint density at radius 3 is 2.36 bits per heavy atom. The number of piperidine rings is 1. The third-order valence-electron chi connectivity index (χ3n) is 3.04. The van der Waals surface area contributed by atoms with Crippen LogP contribution in [0.25, 0.3) is 0 Å². The largest absolute Gasteiger partial charge is 0.388 e. The van der Waals surface area contributed by atoms with Gasteiger partial charge in [-0.3, -0.25) is 10.3 Å². The number of amidine groups is 1. The van der Waals surface area contributed by atoms with E-state index in [9.17, 15) is 0 Å². The van der Waals surface area contributed by atoms with Crippen LogP contribution in [0.2, 0.25) is 0 Å². The van der Waals surface area contributed by atoms with E-state index in [2.05, 4.69) is 25.7 Å². The lowest BCUT2D eigenvalue weighted by atomic mass is 9.90. The summed E-state index contributed by atoms with van der Waals surface area (Å²) in [4.78, 5) is 2.47. The molecule has 82 valence electrons. The van der Waals surface area contributed by atoms with E-state index in [1.54, 1.807) is 0 Å². The second-order valence-corrected chi connectivity index (χ2v) is 4.98. The molecule has 0 radical (unpaired) electrons. The van der Waals surface area contributed by atoms with Gasteiger partial charge in [-0.2, -0.15) is 0 Å². The van der Waals surface area contributed by atoms with E-state index in [4.69, 9.17) is 11.1 Å². The topological polar surface area (TPSA) is 53.1 Å². The number of hydrogen-bond donors (Lipinski definition) is 2. The molecule has 1 rings (SSSR count). The van der Waals surface area contributed by atoms with Crippen molar-refractivity contribution in [3.8, 4) is 0 Å². The first-order valence-electron chi connectivity index (χ1n) is 5.56. The van der Waals surface area contributed by atoms with E-state index in [1.165, 1.54) is 19.5 Å². The molecule has 0 aromatic heterocycles. The number of rotatable bonds is 3. The van der Waals surface area contributed by atoms with E-state index >= 15 is 0 Å². The van der Waals surface area contributed by atoms with Crippen LogP contribution in [0.15, 0.2) is 0 Å². The minimum absolute atomic E-state index is 0.309. The molecule has 1 heterocycles. The van der Waals surface area contributed by atoms with Crippen LogP contribution >= 0.6 is 0 Å². The van der Waals surface area contributed by atoms with Crippen LogP contribution in [0.1, 0.15) is 33.6 Å². The summed E-state index contributed by atoms with van der Waals surface area (Å²) in [6.07, 6.45) is 2.04. The quantitative estimate of drug-likeness (QED) is 0.534. The molecule has 1 fully saturated rings. The molecule has 0 bridgehead atoms. The molecule has 1 saturated heterocycles. The molecule has 3 heteroatoms. The first-order valence-corrected chi connectivity index (χ1v) is 5.56. The molecule has 0 amide bonds. The Morgan fingerprint density at radius 2 is 1.93 bits per heavy atom. The highest BCUT2D eigenvalue weighted by molar-refractivity contribution is 5.77. The number of hydrogen-bond acceptors (Lipinski definition) is 2. The maximum atomic E-state index is 7.30. The summed E-state index contributed by atoms with van der Waals surface area (Å²) in [5.41, 5.74) is 5.43. The van der Waals surface area contributed by atoms with Gasteiger partial charge in [0.2, 0.25) is 0 Å². The zero-order valence-electron chi connectivity index (χ0n) is 9.59. The molecule has 0 saturated carbocycles. The Hall–Kier alpha value is -0.570. The van der Waals surface area contributed by atoms with Crippen LogP contribution in [0, 0.1) is 17.2 Å². The van der Waals surface area contributed by atoms with Gasteiger partial charge in [0.05, 0.1) is 5.84 Å². The minimum Gasteiger partial charge on any atom is -0.388 e. The van der Waals surface area contributed by atoms with Crippen molar-refractivity contribution >= 4 is 5.84 Å². The fraction of sp³-hybridized carbons (Fsp3) is 0.909. The van der Waals surface area contributed by atoms with E-state index in [0.29, 0.717) is 18.3 Å². The highest BCUT2D eigenvalue weighted by Gasteiger charge is 2.25. The summed E-state index contributed by atoms with van der Waals surface area (Å²) in [5.74, 6) is 1.88. The monoisotopic (exact) mass is 197 g/mol. The number of nitrogens with zero attached hydrogens (tertiary/aromatic N) is 1. The lowest BCUT2D eigenvalue weighted by Gasteiger charge is -2.38. The van der Waals surface area contributed by atoms with Crippen molar-refractivity contribution in [2.24, 2.45) is 17.6 Å². The number of likely N-dealkylation sites (tertiary alicyclic amines) is 1. The van der Waals surface area contributed by atoms with E-state index in [-0.39, 0.29) is 0 Å². The van der Waals surface area contributed by atoms with Crippen molar-refractivity contribution in [2.75, 3.05) is 13.1 Å². The van der Waals surface area contributed by atoms with Crippen molar-refractivity contribution in [3.63, 3.8) is 0 Å². The Kier molecular flexibility index (Phi) is 3.93. The second kappa shape index (κ2) is 4.78. The number of nitrogens with two attached hydrogens (primary N) is 1. The lowest BCUT2D eigenvalue weighted by molar-refractivity contribution is 0.106. The number of nitrogens with one attached hydrogen (secondary N) is 1. The normalized spacial score (nSPS) is 31.4. The van der Waals surface area contributed by atoms with Crippen molar-refractivity contribution < 1.29 is 0 Å². The van der Waals surface area contributed by atoms with Crippen LogP contribution < -0.4 is 5.73 Å². The van der Waals surface area contributed by atoms with Gasteiger partial charge >= 0.3 is 0 Å². The van der Waals surface area contributed by atoms with Gasteiger partial charge < -0.3 is 5.73 Å². The van der Waals surface area contributed by atoms with Crippen molar-refractivity contribution in [2.45, 2.75) is 39.7 Å². The average Bonchev–Trinajstić information content (AvgIpc) is 2.00. The maximum absolute atomic E-state index is 7.30. The molecule has 3 N–H and O–H groups in total. The standard InChI is InChI=1S/C11H23N3/c1-8-4-9(2)7-14(6-8)10(3)5-11(12)13/h8-10H,4-7H2,1-3H3,(H3,12,13). The summed E-state index contributed by atoms with van der Waals surface area (Å²) in [6, 6.07) is 0.428.